The molecule has 160 valence electrons. The van der Waals surface area contributed by atoms with Crippen LogP contribution < -0.4 is 0 Å². The number of aromatic nitrogens is 4. The molecular weight excluding hydrogens is 436 g/mol. The number of benzene rings is 2. The van der Waals surface area contributed by atoms with Gasteiger partial charge < -0.3 is 0 Å². The van der Waals surface area contributed by atoms with Crippen LogP contribution in [-0.4, -0.2) is 19.5 Å². The fourth-order valence-corrected chi connectivity index (χ4v) is 5.69. The first-order chi connectivity index (χ1) is 16.9. The molecule has 7 aromatic rings. The highest BCUT2D eigenvalue weighted by molar-refractivity contribution is 7.18. The van der Waals surface area contributed by atoms with Crippen molar-refractivity contribution in [2.24, 2.45) is 0 Å². The lowest BCUT2D eigenvalue weighted by molar-refractivity contribution is 1.08. The summed E-state index contributed by atoms with van der Waals surface area (Å²) < 4.78 is 3.60. The molecule has 34 heavy (non-hydrogen) atoms. The van der Waals surface area contributed by atoms with Crippen LogP contribution in [0.15, 0.2) is 109 Å². The van der Waals surface area contributed by atoms with Gasteiger partial charge in [-0.15, -0.1) is 11.3 Å². The van der Waals surface area contributed by atoms with E-state index >= 15 is 0 Å². The zero-order valence-corrected chi connectivity index (χ0v) is 18.9. The highest BCUT2D eigenvalue weighted by Crippen LogP contribution is 2.39. The summed E-state index contributed by atoms with van der Waals surface area (Å²) in [6, 6.07) is 27.6. The molecule has 0 atom stereocenters. The number of nitrogens with zero attached hydrogens (tertiary/aromatic N) is 4. The molecular formula is C29H18N4S. The lowest BCUT2D eigenvalue weighted by Gasteiger charge is -2.12. The van der Waals surface area contributed by atoms with Gasteiger partial charge in [-0.25, -0.2) is 4.98 Å². The molecule has 0 bridgehead atoms. The zero-order chi connectivity index (χ0) is 22.5. The summed E-state index contributed by atoms with van der Waals surface area (Å²) >= 11 is 1.79. The van der Waals surface area contributed by atoms with Crippen molar-refractivity contribution in [2.45, 2.75) is 0 Å². The van der Waals surface area contributed by atoms with Crippen molar-refractivity contribution in [1.82, 2.24) is 19.5 Å². The molecule has 5 heterocycles. The van der Waals surface area contributed by atoms with Crippen molar-refractivity contribution in [3.8, 4) is 28.2 Å². The molecule has 0 fully saturated rings. The summed E-state index contributed by atoms with van der Waals surface area (Å²) in [6.07, 6.45) is 7.28. The molecule has 0 saturated heterocycles. The van der Waals surface area contributed by atoms with Crippen molar-refractivity contribution in [1.29, 1.82) is 0 Å². The summed E-state index contributed by atoms with van der Waals surface area (Å²) in [5.41, 5.74) is 6.47. The van der Waals surface area contributed by atoms with E-state index < -0.39 is 0 Å². The number of para-hydroxylation sites is 1. The minimum absolute atomic E-state index is 0.892. The standard InChI is InChI=1S/C29H18N4S/c1-2-4-25-23(3-1)28-26(6-5-21-11-16-34-29(21)28)33(25)27-18-22(19-7-12-30-13-8-19)17-24(32-27)20-9-14-31-15-10-20/h1-18H. The highest BCUT2D eigenvalue weighted by Gasteiger charge is 2.17. The summed E-state index contributed by atoms with van der Waals surface area (Å²) in [5.74, 6) is 0.892. The smallest absolute Gasteiger partial charge is 0.138 e. The summed E-state index contributed by atoms with van der Waals surface area (Å²) in [4.78, 5) is 13.6. The number of thiophene rings is 1. The minimum atomic E-state index is 0.892. The first kappa shape index (κ1) is 19.1. The van der Waals surface area contributed by atoms with Crippen LogP contribution in [0.4, 0.5) is 0 Å². The van der Waals surface area contributed by atoms with Gasteiger partial charge in [0.1, 0.15) is 5.82 Å². The van der Waals surface area contributed by atoms with Gasteiger partial charge in [0.2, 0.25) is 0 Å². The number of hydrogen-bond donors (Lipinski definition) is 0. The van der Waals surface area contributed by atoms with E-state index in [1.54, 1.807) is 11.3 Å². The largest absolute Gasteiger partial charge is 0.294 e. The van der Waals surface area contributed by atoms with E-state index in [1.807, 2.05) is 49.1 Å². The lowest BCUT2D eigenvalue weighted by atomic mass is 10.0. The molecule has 0 aliphatic heterocycles. The van der Waals surface area contributed by atoms with Crippen LogP contribution >= 0.6 is 11.3 Å². The zero-order valence-electron chi connectivity index (χ0n) is 18.1. The fraction of sp³-hybridized carbons (Fsp3) is 0. The van der Waals surface area contributed by atoms with E-state index in [9.17, 15) is 0 Å². The van der Waals surface area contributed by atoms with E-state index in [-0.39, 0.29) is 0 Å². The third-order valence-corrected chi connectivity index (χ3v) is 7.23. The Bertz CT molecular complexity index is 1740. The van der Waals surface area contributed by atoms with Crippen molar-refractivity contribution in [3.05, 3.63) is 109 Å². The third kappa shape index (κ3) is 2.95. The Balaban J connectivity index is 1.59. The van der Waals surface area contributed by atoms with Crippen LogP contribution in [0, 0.1) is 0 Å². The van der Waals surface area contributed by atoms with E-state index in [4.69, 9.17) is 4.98 Å². The maximum atomic E-state index is 5.16. The number of hydrogen-bond acceptors (Lipinski definition) is 4. The molecule has 0 aliphatic carbocycles. The Labute approximate surface area is 199 Å². The van der Waals surface area contributed by atoms with Crippen molar-refractivity contribution in [3.63, 3.8) is 0 Å². The Morgan fingerprint density at radius 3 is 2.24 bits per heavy atom. The molecule has 5 aromatic heterocycles. The Morgan fingerprint density at radius 1 is 0.647 bits per heavy atom. The van der Waals surface area contributed by atoms with Crippen LogP contribution in [0.3, 0.4) is 0 Å². The van der Waals surface area contributed by atoms with Gasteiger partial charge >= 0.3 is 0 Å². The van der Waals surface area contributed by atoms with Crippen LogP contribution in [0.1, 0.15) is 0 Å². The monoisotopic (exact) mass is 454 g/mol. The number of pyridine rings is 3. The highest BCUT2D eigenvalue weighted by atomic mass is 32.1. The summed E-state index contributed by atoms with van der Waals surface area (Å²) in [7, 11) is 0. The van der Waals surface area contributed by atoms with Gasteiger partial charge in [0.25, 0.3) is 0 Å². The Morgan fingerprint density at radius 2 is 1.41 bits per heavy atom. The molecule has 7 rings (SSSR count). The van der Waals surface area contributed by atoms with Gasteiger partial charge in [-0.2, -0.15) is 0 Å². The molecule has 2 aromatic carbocycles. The van der Waals surface area contributed by atoms with Crippen LogP contribution in [-0.2, 0) is 0 Å². The maximum absolute atomic E-state index is 5.16. The Hall–Kier alpha value is -4.35. The van der Waals surface area contributed by atoms with Crippen LogP contribution in [0.5, 0.6) is 0 Å². The van der Waals surface area contributed by atoms with Gasteiger partial charge in [0.05, 0.1) is 16.7 Å². The maximum Gasteiger partial charge on any atom is 0.138 e. The predicted octanol–water partition coefficient (Wildman–Crippen LogP) is 7.52. The van der Waals surface area contributed by atoms with Crippen molar-refractivity contribution >= 4 is 43.2 Å². The third-order valence-electron chi connectivity index (χ3n) is 6.29. The number of rotatable bonds is 3. The van der Waals surface area contributed by atoms with E-state index in [0.717, 1.165) is 39.2 Å². The van der Waals surface area contributed by atoms with Crippen LogP contribution in [0.2, 0.25) is 0 Å². The van der Waals surface area contributed by atoms with E-state index in [2.05, 4.69) is 74.5 Å². The fourth-order valence-electron chi connectivity index (χ4n) is 4.74. The Kier molecular flexibility index (Phi) is 4.29. The second kappa shape index (κ2) is 7.61. The van der Waals surface area contributed by atoms with E-state index in [0.29, 0.717) is 0 Å². The summed E-state index contributed by atoms with van der Waals surface area (Å²) in [6.45, 7) is 0. The van der Waals surface area contributed by atoms with Gasteiger partial charge in [0, 0.05) is 45.8 Å². The second-order valence-electron chi connectivity index (χ2n) is 8.22. The average Bonchev–Trinajstić information content (AvgIpc) is 3.52. The molecule has 0 unspecified atom stereocenters. The van der Waals surface area contributed by atoms with Gasteiger partial charge in [0.15, 0.2) is 0 Å². The normalized spacial score (nSPS) is 11.5. The summed E-state index contributed by atoms with van der Waals surface area (Å²) in [5, 5.41) is 5.97. The minimum Gasteiger partial charge on any atom is -0.294 e. The molecule has 5 heteroatoms. The quantitative estimate of drug-likeness (QED) is 0.277. The first-order valence-electron chi connectivity index (χ1n) is 11.1. The lowest BCUT2D eigenvalue weighted by Crippen LogP contribution is -2.00. The molecule has 0 saturated carbocycles. The SMILES string of the molecule is c1ccc2c(c1)c1c3sccc3ccc1n2-c1cc(-c2ccncc2)cc(-c2ccncc2)n1. The van der Waals surface area contributed by atoms with Gasteiger partial charge in [-0.1, -0.05) is 24.3 Å². The second-order valence-corrected chi connectivity index (χ2v) is 9.14. The van der Waals surface area contributed by atoms with Crippen LogP contribution in [0.25, 0.3) is 60.1 Å². The van der Waals surface area contributed by atoms with E-state index in [1.165, 1.54) is 20.9 Å². The van der Waals surface area contributed by atoms with Gasteiger partial charge in [-0.3, -0.25) is 14.5 Å². The molecule has 0 radical (unpaired) electrons. The molecule has 0 spiro atoms. The van der Waals surface area contributed by atoms with Crippen molar-refractivity contribution in [2.75, 3.05) is 0 Å². The first-order valence-corrected chi connectivity index (χ1v) is 12.0. The molecule has 4 nitrogen and oxygen atoms in total. The van der Waals surface area contributed by atoms with Crippen molar-refractivity contribution < 1.29 is 0 Å². The van der Waals surface area contributed by atoms with Gasteiger partial charge in [-0.05, 0) is 76.5 Å². The molecule has 0 N–H and O–H groups in total. The molecule has 0 amide bonds. The predicted molar refractivity (Wildman–Crippen MR) is 140 cm³/mol. The topological polar surface area (TPSA) is 43.6 Å². The average molecular weight is 455 g/mol. The molecule has 0 aliphatic rings. The number of fused-ring (bicyclic) bond motifs is 5.